The van der Waals surface area contributed by atoms with Crippen molar-refractivity contribution < 1.29 is 17.5 Å². The highest BCUT2D eigenvalue weighted by molar-refractivity contribution is 7.88. The summed E-state index contributed by atoms with van der Waals surface area (Å²) < 4.78 is 46.1. The maximum absolute atomic E-state index is 13.5. The molecule has 0 spiro atoms. The lowest BCUT2D eigenvalue weighted by Crippen LogP contribution is -2.48. The van der Waals surface area contributed by atoms with Gasteiger partial charge in [0, 0.05) is 49.4 Å². The van der Waals surface area contributed by atoms with Crippen molar-refractivity contribution in [2.24, 2.45) is 0 Å². The molecule has 0 bridgehead atoms. The molecule has 1 aliphatic rings. The summed E-state index contributed by atoms with van der Waals surface area (Å²) in [5.74, 6) is 0.762. The lowest BCUT2D eigenvalue weighted by molar-refractivity contribution is 0.181. The minimum Gasteiger partial charge on any atom is -0.487 e. The largest absolute Gasteiger partial charge is 0.487 e. The molecule has 44 heavy (non-hydrogen) atoms. The second kappa shape index (κ2) is 12.8. The van der Waals surface area contributed by atoms with Crippen LogP contribution in [-0.4, -0.2) is 81.6 Å². The van der Waals surface area contributed by atoms with Crippen LogP contribution in [0.3, 0.4) is 0 Å². The van der Waals surface area contributed by atoms with E-state index in [1.165, 1.54) is 29.0 Å². The fourth-order valence-corrected chi connectivity index (χ4v) is 6.07. The van der Waals surface area contributed by atoms with E-state index in [4.69, 9.17) is 16.3 Å². The van der Waals surface area contributed by atoms with Gasteiger partial charge in [-0.05, 0) is 48.0 Å². The molecule has 0 amide bonds. The van der Waals surface area contributed by atoms with E-state index < -0.39 is 10.0 Å². The van der Waals surface area contributed by atoms with Crippen LogP contribution in [0, 0.1) is 5.82 Å². The summed E-state index contributed by atoms with van der Waals surface area (Å²) in [6, 6.07) is 17.4. The van der Waals surface area contributed by atoms with E-state index >= 15 is 0 Å². The number of sulfonamides is 1. The maximum Gasteiger partial charge on any atom is 0.211 e. The number of rotatable bonds is 10. The van der Waals surface area contributed by atoms with Gasteiger partial charge in [-0.25, -0.2) is 22.8 Å². The first kappa shape index (κ1) is 29.9. The quantitative estimate of drug-likeness (QED) is 0.235. The van der Waals surface area contributed by atoms with Crippen LogP contribution >= 0.6 is 11.6 Å². The molecular weight excluding hydrogens is 607 g/mol. The standard InChI is InChI=1S/C30H30ClFN8O3S/c1-44(41,42)40-13-10-38(11-14-40)9-12-39-18-28(36-37-39)22-5-7-27-25(16-22)30(34-20-33-27)35-24-6-8-29(26(31)17-24)43-19-21-3-2-4-23(32)15-21/h2-8,15-18,20H,9-14,19H2,1H3,(H,33,34,35). The Hall–Kier alpha value is -4.17. The second-order valence-electron chi connectivity index (χ2n) is 10.5. The summed E-state index contributed by atoms with van der Waals surface area (Å²) in [4.78, 5) is 11.1. The number of nitrogens with zero attached hydrogens (tertiary/aromatic N) is 7. The number of fused-ring (bicyclic) bond motifs is 1. The van der Waals surface area contributed by atoms with Crippen LogP contribution in [-0.2, 0) is 23.2 Å². The number of halogens is 2. The normalized spacial score (nSPS) is 14.6. The zero-order chi connectivity index (χ0) is 30.7. The minimum atomic E-state index is -3.15. The smallest absolute Gasteiger partial charge is 0.211 e. The highest BCUT2D eigenvalue weighted by atomic mass is 35.5. The molecule has 0 aliphatic carbocycles. The van der Waals surface area contributed by atoms with Gasteiger partial charge in [-0.15, -0.1) is 5.10 Å². The van der Waals surface area contributed by atoms with Crippen molar-refractivity contribution in [2.75, 3.05) is 44.3 Å². The number of aromatic nitrogens is 5. The van der Waals surface area contributed by atoms with Crippen LogP contribution < -0.4 is 10.1 Å². The molecule has 2 aromatic heterocycles. The number of nitrogens with one attached hydrogen (secondary N) is 1. The minimum absolute atomic E-state index is 0.191. The molecule has 14 heteroatoms. The Kier molecular flexibility index (Phi) is 8.71. The molecule has 3 aromatic carbocycles. The molecule has 3 heterocycles. The zero-order valence-electron chi connectivity index (χ0n) is 23.9. The Bertz CT molecular complexity index is 1900. The fourth-order valence-electron chi connectivity index (χ4n) is 5.00. The Morgan fingerprint density at radius 3 is 2.61 bits per heavy atom. The van der Waals surface area contributed by atoms with Gasteiger partial charge in [-0.3, -0.25) is 9.58 Å². The molecule has 11 nitrogen and oxygen atoms in total. The molecule has 0 unspecified atom stereocenters. The van der Waals surface area contributed by atoms with E-state index in [0.717, 1.165) is 23.0 Å². The van der Waals surface area contributed by atoms with Gasteiger partial charge in [0.25, 0.3) is 0 Å². The van der Waals surface area contributed by atoms with E-state index in [1.807, 2.05) is 30.5 Å². The number of anilines is 2. The predicted molar refractivity (Wildman–Crippen MR) is 167 cm³/mol. The lowest BCUT2D eigenvalue weighted by Gasteiger charge is -2.33. The maximum atomic E-state index is 13.5. The van der Waals surface area contributed by atoms with Crippen molar-refractivity contribution in [1.82, 2.24) is 34.2 Å². The number of hydrogen-bond donors (Lipinski definition) is 1. The third kappa shape index (κ3) is 7.13. The van der Waals surface area contributed by atoms with Crippen LogP contribution in [0.5, 0.6) is 5.75 Å². The molecule has 5 aromatic rings. The van der Waals surface area contributed by atoms with Crippen molar-refractivity contribution in [3.8, 4) is 17.0 Å². The molecule has 1 aliphatic heterocycles. The summed E-state index contributed by atoms with van der Waals surface area (Å²) in [6.07, 6.45) is 4.64. The molecule has 1 fully saturated rings. The van der Waals surface area contributed by atoms with Gasteiger partial charge in [0.2, 0.25) is 10.0 Å². The van der Waals surface area contributed by atoms with Crippen molar-refractivity contribution >= 4 is 44.0 Å². The summed E-state index contributed by atoms with van der Waals surface area (Å²) in [5, 5.41) is 13.2. The average Bonchev–Trinajstić information content (AvgIpc) is 3.49. The average molecular weight is 637 g/mol. The van der Waals surface area contributed by atoms with E-state index in [1.54, 1.807) is 28.9 Å². The van der Waals surface area contributed by atoms with Crippen LogP contribution in [0.25, 0.3) is 22.2 Å². The highest BCUT2D eigenvalue weighted by Crippen LogP contribution is 2.32. The summed E-state index contributed by atoms with van der Waals surface area (Å²) >= 11 is 6.50. The summed E-state index contributed by atoms with van der Waals surface area (Å²) in [6.45, 7) is 3.94. The first-order valence-electron chi connectivity index (χ1n) is 14.0. The molecule has 0 atom stereocenters. The SMILES string of the molecule is CS(=O)(=O)N1CCN(CCn2cc(-c3ccc4ncnc(Nc5ccc(OCc6cccc(F)c6)c(Cl)c5)c4c3)nn2)CC1. The van der Waals surface area contributed by atoms with Gasteiger partial charge < -0.3 is 10.1 Å². The molecule has 0 radical (unpaired) electrons. The molecule has 1 N–H and O–H groups in total. The highest BCUT2D eigenvalue weighted by Gasteiger charge is 2.23. The lowest BCUT2D eigenvalue weighted by atomic mass is 10.1. The van der Waals surface area contributed by atoms with E-state index in [9.17, 15) is 12.8 Å². The first-order chi connectivity index (χ1) is 21.2. The zero-order valence-corrected chi connectivity index (χ0v) is 25.5. The molecule has 6 rings (SSSR count). The second-order valence-corrected chi connectivity index (χ2v) is 12.9. The Morgan fingerprint density at radius 1 is 1.00 bits per heavy atom. The van der Waals surface area contributed by atoms with Crippen LogP contribution in [0.15, 0.2) is 73.2 Å². The Morgan fingerprint density at radius 2 is 1.84 bits per heavy atom. The van der Waals surface area contributed by atoms with Gasteiger partial charge >= 0.3 is 0 Å². The Labute approximate surface area is 259 Å². The van der Waals surface area contributed by atoms with Gasteiger partial charge in [0.05, 0.1) is 29.5 Å². The number of benzene rings is 3. The summed E-state index contributed by atoms with van der Waals surface area (Å²) in [5.41, 5.74) is 3.75. The van der Waals surface area contributed by atoms with Gasteiger partial charge in [-0.2, -0.15) is 4.31 Å². The summed E-state index contributed by atoms with van der Waals surface area (Å²) in [7, 11) is -3.15. The Balaban J connectivity index is 1.12. The van der Waals surface area contributed by atoms with Crippen molar-refractivity contribution in [3.05, 3.63) is 89.6 Å². The molecular formula is C30H30ClFN8O3S. The van der Waals surface area contributed by atoms with Crippen LogP contribution in [0.1, 0.15) is 5.56 Å². The van der Waals surface area contributed by atoms with Crippen LogP contribution in [0.4, 0.5) is 15.9 Å². The monoisotopic (exact) mass is 636 g/mol. The number of ether oxygens (including phenoxy) is 1. The third-order valence-corrected chi connectivity index (χ3v) is 8.99. The third-order valence-electron chi connectivity index (χ3n) is 7.39. The fraction of sp³-hybridized carbons (Fsp3) is 0.267. The molecule has 228 valence electrons. The van der Waals surface area contributed by atoms with Crippen molar-refractivity contribution in [3.63, 3.8) is 0 Å². The van der Waals surface area contributed by atoms with Gasteiger partial charge in [0.1, 0.15) is 36.0 Å². The topological polar surface area (TPSA) is 118 Å². The van der Waals surface area contributed by atoms with E-state index in [2.05, 4.69) is 30.5 Å². The van der Waals surface area contributed by atoms with Crippen LogP contribution in [0.2, 0.25) is 5.02 Å². The van der Waals surface area contributed by atoms with Crippen molar-refractivity contribution in [1.29, 1.82) is 0 Å². The number of piperazine rings is 1. The van der Waals surface area contributed by atoms with Crippen molar-refractivity contribution in [2.45, 2.75) is 13.2 Å². The van der Waals surface area contributed by atoms with Gasteiger partial charge in [-0.1, -0.05) is 35.0 Å². The first-order valence-corrected chi connectivity index (χ1v) is 16.2. The van der Waals surface area contributed by atoms with E-state index in [0.29, 0.717) is 66.3 Å². The predicted octanol–water partition coefficient (Wildman–Crippen LogP) is 4.58. The molecule has 1 saturated heterocycles. The molecule has 0 saturated carbocycles. The van der Waals surface area contributed by atoms with E-state index in [-0.39, 0.29) is 12.4 Å². The van der Waals surface area contributed by atoms with Gasteiger partial charge in [0.15, 0.2) is 0 Å². The number of hydrogen-bond acceptors (Lipinski definition) is 9.